The standard InChI is InChI=1S/C22H28ClN3O3S/c1-16-6-5-7-20(18(16)3)24-10-12-25(13-11-24)22(27)15-26(30(4,28)29)21-14-19(23)9-8-17(21)2/h5-9,14H,10-13,15H2,1-4H3. The number of piperazine rings is 1. The molecule has 2 aromatic rings. The lowest BCUT2D eigenvalue weighted by Crippen LogP contribution is -2.52. The molecule has 6 nitrogen and oxygen atoms in total. The summed E-state index contributed by atoms with van der Waals surface area (Å²) < 4.78 is 26.0. The van der Waals surface area contributed by atoms with Crippen molar-refractivity contribution < 1.29 is 13.2 Å². The highest BCUT2D eigenvalue weighted by molar-refractivity contribution is 7.92. The van der Waals surface area contributed by atoms with Crippen molar-refractivity contribution in [3.63, 3.8) is 0 Å². The van der Waals surface area contributed by atoms with Crippen molar-refractivity contribution >= 4 is 38.9 Å². The second kappa shape index (κ2) is 8.86. The fourth-order valence-electron chi connectivity index (χ4n) is 3.73. The van der Waals surface area contributed by atoms with Crippen LogP contribution in [0, 0.1) is 20.8 Å². The van der Waals surface area contributed by atoms with Gasteiger partial charge < -0.3 is 9.80 Å². The molecule has 0 N–H and O–H groups in total. The minimum atomic E-state index is -3.64. The second-order valence-electron chi connectivity index (χ2n) is 7.79. The molecule has 1 fully saturated rings. The first-order valence-corrected chi connectivity index (χ1v) is 12.1. The normalized spacial score (nSPS) is 14.7. The number of benzene rings is 2. The van der Waals surface area contributed by atoms with Crippen LogP contribution in [-0.2, 0) is 14.8 Å². The SMILES string of the molecule is Cc1ccc(Cl)cc1N(CC(=O)N1CCN(c2cccc(C)c2C)CC1)S(C)(=O)=O. The molecule has 1 aliphatic heterocycles. The van der Waals surface area contributed by atoms with Crippen molar-refractivity contribution in [3.05, 3.63) is 58.1 Å². The number of nitrogens with zero attached hydrogens (tertiary/aromatic N) is 3. The third kappa shape index (κ3) is 4.90. The highest BCUT2D eigenvalue weighted by Crippen LogP contribution is 2.27. The molecule has 1 aliphatic rings. The Kier molecular flexibility index (Phi) is 6.62. The van der Waals surface area contributed by atoms with E-state index < -0.39 is 10.0 Å². The number of carbonyl (C=O) groups excluding carboxylic acids is 1. The van der Waals surface area contributed by atoms with E-state index in [0.29, 0.717) is 36.9 Å². The van der Waals surface area contributed by atoms with Gasteiger partial charge >= 0.3 is 0 Å². The molecule has 0 radical (unpaired) electrons. The third-order valence-electron chi connectivity index (χ3n) is 5.67. The van der Waals surface area contributed by atoms with Crippen molar-refractivity contribution in [1.29, 1.82) is 0 Å². The summed E-state index contributed by atoms with van der Waals surface area (Å²) in [6.45, 7) is 8.31. The number of amides is 1. The summed E-state index contributed by atoms with van der Waals surface area (Å²) in [5, 5.41) is 0.429. The molecule has 1 saturated heterocycles. The highest BCUT2D eigenvalue weighted by atomic mass is 35.5. The number of halogens is 1. The summed E-state index contributed by atoms with van der Waals surface area (Å²) in [7, 11) is -3.64. The topological polar surface area (TPSA) is 60.9 Å². The molecule has 2 aromatic carbocycles. The molecule has 0 aliphatic carbocycles. The maximum Gasteiger partial charge on any atom is 0.243 e. The molecule has 0 unspecified atom stereocenters. The Balaban J connectivity index is 1.72. The predicted molar refractivity (Wildman–Crippen MR) is 123 cm³/mol. The average Bonchev–Trinajstić information content (AvgIpc) is 2.69. The van der Waals surface area contributed by atoms with Gasteiger partial charge in [-0.15, -0.1) is 0 Å². The Morgan fingerprint density at radius 1 is 1.03 bits per heavy atom. The van der Waals surface area contributed by atoms with Gasteiger partial charge in [0.05, 0.1) is 11.9 Å². The first-order valence-electron chi connectivity index (χ1n) is 9.90. The first-order chi connectivity index (χ1) is 14.1. The number of anilines is 2. The predicted octanol–water partition coefficient (Wildman–Crippen LogP) is 3.38. The monoisotopic (exact) mass is 449 g/mol. The van der Waals surface area contributed by atoms with E-state index in [9.17, 15) is 13.2 Å². The van der Waals surface area contributed by atoms with Gasteiger partial charge in [0.1, 0.15) is 6.54 Å². The van der Waals surface area contributed by atoms with Gasteiger partial charge in [-0.2, -0.15) is 0 Å². The van der Waals surface area contributed by atoms with Crippen molar-refractivity contribution in [2.24, 2.45) is 0 Å². The first kappa shape index (κ1) is 22.4. The molecule has 0 atom stereocenters. The van der Waals surface area contributed by atoms with Gasteiger partial charge in [-0.05, 0) is 55.7 Å². The Morgan fingerprint density at radius 3 is 2.33 bits per heavy atom. The number of rotatable bonds is 5. The van der Waals surface area contributed by atoms with Crippen LogP contribution in [0.1, 0.15) is 16.7 Å². The molecule has 8 heteroatoms. The summed E-state index contributed by atoms with van der Waals surface area (Å²) in [5.74, 6) is -0.208. The van der Waals surface area contributed by atoms with Crippen molar-refractivity contribution in [3.8, 4) is 0 Å². The number of sulfonamides is 1. The molecule has 1 heterocycles. The summed E-state index contributed by atoms with van der Waals surface area (Å²) in [6.07, 6.45) is 1.11. The smallest absolute Gasteiger partial charge is 0.243 e. The van der Waals surface area contributed by atoms with Crippen molar-refractivity contribution in [2.75, 3.05) is 48.2 Å². The van der Waals surface area contributed by atoms with Gasteiger partial charge in [-0.3, -0.25) is 9.10 Å². The number of carbonyl (C=O) groups is 1. The highest BCUT2D eigenvalue weighted by Gasteiger charge is 2.28. The Bertz CT molecular complexity index is 1050. The Labute approximate surface area is 184 Å². The lowest BCUT2D eigenvalue weighted by molar-refractivity contribution is -0.129. The zero-order valence-electron chi connectivity index (χ0n) is 17.9. The molecule has 1 amide bonds. The molecular weight excluding hydrogens is 422 g/mol. The molecule has 0 spiro atoms. The van der Waals surface area contributed by atoms with E-state index in [1.54, 1.807) is 30.0 Å². The fraction of sp³-hybridized carbons (Fsp3) is 0.409. The largest absolute Gasteiger partial charge is 0.368 e. The molecule has 162 valence electrons. The van der Waals surface area contributed by atoms with Crippen LogP contribution in [-0.4, -0.2) is 58.2 Å². The fourth-order valence-corrected chi connectivity index (χ4v) is 4.80. The van der Waals surface area contributed by atoms with E-state index in [-0.39, 0.29) is 12.5 Å². The maximum atomic E-state index is 13.0. The molecule has 30 heavy (non-hydrogen) atoms. The van der Waals surface area contributed by atoms with Gasteiger partial charge in [0, 0.05) is 36.9 Å². The van der Waals surface area contributed by atoms with Crippen LogP contribution in [0.15, 0.2) is 36.4 Å². The van der Waals surface area contributed by atoms with Crippen molar-refractivity contribution in [2.45, 2.75) is 20.8 Å². The molecule has 0 saturated carbocycles. The van der Waals surface area contributed by atoms with Crippen LogP contribution < -0.4 is 9.21 Å². The quantitative estimate of drug-likeness (QED) is 0.702. The van der Waals surface area contributed by atoms with E-state index in [4.69, 9.17) is 11.6 Å². The molecule has 0 aromatic heterocycles. The summed E-state index contributed by atoms with van der Waals surface area (Å²) in [6, 6.07) is 11.3. The van der Waals surface area contributed by atoms with E-state index in [2.05, 4.69) is 30.9 Å². The summed E-state index contributed by atoms with van der Waals surface area (Å²) in [5.41, 5.74) is 4.86. The van der Waals surface area contributed by atoms with E-state index in [1.807, 2.05) is 6.07 Å². The van der Waals surface area contributed by atoms with Crippen LogP contribution in [0.25, 0.3) is 0 Å². The number of hydrogen-bond donors (Lipinski definition) is 0. The van der Waals surface area contributed by atoms with E-state index in [0.717, 1.165) is 16.1 Å². The second-order valence-corrected chi connectivity index (χ2v) is 10.1. The van der Waals surface area contributed by atoms with Crippen LogP contribution >= 0.6 is 11.6 Å². The average molecular weight is 450 g/mol. The van der Waals surface area contributed by atoms with E-state index >= 15 is 0 Å². The summed E-state index contributed by atoms with van der Waals surface area (Å²) >= 11 is 6.07. The molecular formula is C22H28ClN3O3S. The zero-order chi connectivity index (χ0) is 22.1. The van der Waals surface area contributed by atoms with Gasteiger partial charge in [-0.25, -0.2) is 8.42 Å². The van der Waals surface area contributed by atoms with Gasteiger partial charge in [-0.1, -0.05) is 29.8 Å². The molecule has 3 rings (SSSR count). The summed E-state index contributed by atoms with van der Waals surface area (Å²) in [4.78, 5) is 17.0. The lowest BCUT2D eigenvalue weighted by Gasteiger charge is -2.38. The maximum absolute atomic E-state index is 13.0. The molecule has 0 bridgehead atoms. The van der Waals surface area contributed by atoms with Gasteiger partial charge in [0.15, 0.2) is 0 Å². The lowest BCUT2D eigenvalue weighted by atomic mass is 10.1. The van der Waals surface area contributed by atoms with Crippen LogP contribution in [0.3, 0.4) is 0 Å². The number of aryl methyl sites for hydroxylation is 2. The minimum Gasteiger partial charge on any atom is -0.368 e. The van der Waals surface area contributed by atoms with Crippen LogP contribution in [0.5, 0.6) is 0 Å². The Morgan fingerprint density at radius 2 is 1.70 bits per heavy atom. The van der Waals surface area contributed by atoms with Gasteiger partial charge in [0.25, 0.3) is 0 Å². The van der Waals surface area contributed by atoms with Crippen LogP contribution in [0.4, 0.5) is 11.4 Å². The Hall–Kier alpha value is -2.25. The minimum absolute atomic E-state index is 0.208. The third-order valence-corrected chi connectivity index (χ3v) is 7.03. The van der Waals surface area contributed by atoms with E-state index in [1.165, 1.54) is 16.8 Å². The number of hydrogen-bond acceptors (Lipinski definition) is 4. The van der Waals surface area contributed by atoms with Crippen molar-refractivity contribution in [1.82, 2.24) is 4.90 Å². The zero-order valence-corrected chi connectivity index (χ0v) is 19.4. The van der Waals surface area contributed by atoms with Gasteiger partial charge in [0.2, 0.25) is 15.9 Å². The van der Waals surface area contributed by atoms with Crippen LogP contribution in [0.2, 0.25) is 5.02 Å².